The maximum atomic E-state index is 13.7. The van der Waals surface area contributed by atoms with Gasteiger partial charge in [0.2, 0.25) is 5.91 Å². The fourth-order valence-corrected chi connectivity index (χ4v) is 4.81. The number of anilines is 1. The number of carbonyl (C=O) groups is 1. The van der Waals surface area contributed by atoms with Crippen molar-refractivity contribution in [3.05, 3.63) is 58.8 Å². The monoisotopic (exact) mass is 456 g/mol. The van der Waals surface area contributed by atoms with Crippen molar-refractivity contribution in [3.8, 4) is 0 Å². The van der Waals surface area contributed by atoms with Crippen LogP contribution in [0.25, 0.3) is 21.3 Å². The Morgan fingerprint density at radius 3 is 2.84 bits per heavy atom. The van der Waals surface area contributed by atoms with Crippen molar-refractivity contribution in [2.75, 3.05) is 44.3 Å². The van der Waals surface area contributed by atoms with E-state index < -0.39 is 5.76 Å². The normalized spacial score (nSPS) is 14.9. The Labute approximate surface area is 186 Å². The van der Waals surface area contributed by atoms with Crippen LogP contribution < -0.4 is 10.7 Å². The maximum Gasteiger partial charge on any atom is 0.420 e. The molecule has 0 radical (unpaired) electrons. The summed E-state index contributed by atoms with van der Waals surface area (Å²) >= 11 is 1.25. The average Bonchev–Trinajstić information content (AvgIpc) is 3.35. The van der Waals surface area contributed by atoms with Gasteiger partial charge >= 0.3 is 5.76 Å². The van der Waals surface area contributed by atoms with Gasteiger partial charge in [-0.05, 0) is 30.3 Å². The highest BCUT2D eigenvalue weighted by Crippen LogP contribution is 2.29. The first kappa shape index (κ1) is 20.8. The van der Waals surface area contributed by atoms with Crippen LogP contribution in [0.1, 0.15) is 0 Å². The van der Waals surface area contributed by atoms with Crippen molar-refractivity contribution < 1.29 is 18.3 Å². The van der Waals surface area contributed by atoms with Gasteiger partial charge in [-0.25, -0.2) is 14.2 Å². The number of fused-ring (bicyclic) bond motifs is 2. The summed E-state index contributed by atoms with van der Waals surface area (Å²) in [5, 5.41) is 0.477. The van der Waals surface area contributed by atoms with Crippen molar-refractivity contribution in [3.63, 3.8) is 0 Å². The molecule has 1 amide bonds. The van der Waals surface area contributed by atoms with Crippen LogP contribution in [0.3, 0.4) is 0 Å². The van der Waals surface area contributed by atoms with E-state index >= 15 is 0 Å². The number of nitrogens with zero attached hydrogens (tertiary/aromatic N) is 4. The molecule has 0 spiro atoms. The SMILES string of the molecule is O=C(Cn1c(=O)oc2ccccc21)N(CCN1CCOCC1)c1nc2ccc(F)cc2s1. The molecule has 3 heterocycles. The largest absolute Gasteiger partial charge is 0.420 e. The number of halogens is 1. The van der Waals surface area contributed by atoms with Crippen LogP contribution in [0.2, 0.25) is 0 Å². The topological polar surface area (TPSA) is 80.8 Å². The minimum Gasteiger partial charge on any atom is -0.408 e. The average molecular weight is 456 g/mol. The Balaban J connectivity index is 1.45. The Bertz CT molecular complexity index is 1320. The van der Waals surface area contributed by atoms with Crippen LogP contribution in [0.4, 0.5) is 9.52 Å². The number of morpholine rings is 1. The van der Waals surface area contributed by atoms with Gasteiger partial charge in [-0.2, -0.15) is 0 Å². The van der Waals surface area contributed by atoms with Crippen molar-refractivity contribution in [2.45, 2.75) is 6.54 Å². The Morgan fingerprint density at radius 1 is 1.19 bits per heavy atom. The second-order valence-corrected chi connectivity index (χ2v) is 8.54. The van der Waals surface area contributed by atoms with E-state index in [0.717, 1.165) is 13.1 Å². The molecular formula is C22H21FN4O4S. The zero-order chi connectivity index (χ0) is 22.1. The highest BCUT2D eigenvalue weighted by Gasteiger charge is 2.23. The third-order valence-corrected chi connectivity index (χ3v) is 6.52. The van der Waals surface area contributed by atoms with E-state index in [1.807, 2.05) is 0 Å². The highest BCUT2D eigenvalue weighted by molar-refractivity contribution is 7.22. The summed E-state index contributed by atoms with van der Waals surface area (Å²) in [6, 6.07) is 11.4. The van der Waals surface area contributed by atoms with Gasteiger partial charge in [0.15, 0.2) is 10.7 Å². The second-order valence-electron chi connectivity index (χ2n) is 7.53. The minimum atomic E-state index is -0.584. The fourth-order valence-electron chi connectivity index (χ4n) is 3.78. The molecule has 1 aliphatic rings. The number of aromatic nitrogens is 2. The summed E-state index contributed by atoms with van der Waals surface area (Å²) in [6.07, 6.45) is 0. The smallest absolute Gasteiger partial charge is 0.408 e. The third-order valence-electron chi connectivity index (χ3n) is 5.48. The van der Waals surface area contributed by atoms with E-state index in [1.54, 1.807) is 35.2 Å². The number of hydrogen-bond acceptors (Lipinski definition) is 7. The van der Waals surface area contributed by atoms with Crippen LogP contribution in [0, 0.1) is 5.82 Å². The number of thiazole rings is 1. The van der Waals surface area contributed by atoms with Crippen LogP contribution >= 0.6 is 11.3 Å². The van der Waals surface area contributed by atoms with E-state index in [0.29, 0.717) is 52.8 Å². The first-order valence-electron chi connectivity index (χ1n) is 10.3. The molecule has 0 unspecified atom stereocenters. The summed E-state index contributed by atoms with van der Waals surface area (Å²) in [7, 11) is 0. The number of rotatable bonds is 6. The number of ether oxygens (including phenoxy) is 1. The van der Waals surface area contributed by atoms with Gasteiger partial charge in [0.05, 0.1) is 28.9 Å². The molecule has 5 rings (SSSR count). The quantitative estimate of drug-likeness (QED) is 0.444. The van der Waals surface area contributed by atoms with E-state index in [1.165, 1.54) is 28.0 Å². The lowest BCUT2D eigenvalue weighted by Gasteiger charge is -2.29. The highest BCUT2D eigenvalue weighted by atomic mass is 32.1. The molecule has 1 fully saturated rings. The van der Waals surface area contributed by atoms with E-state index in [-0.39, 0.29) is 18.3 Å². The van der Waals surface area contributed by atoms with E-state index in [9.17, 15) is 14.0 Å². The van der Waals surface area contributed by atoms with Gasteiger partial charge in [0, 0.05) is 26.2 Å². The molecule has 0 saturated carbocycles. The molecule has 166 valence electrons. The van der Waals surface area contributed by atoms with E-state index in [4.69, 9.17) is 9.15 Å². The van der Waals surface area contributed by atoms with Gasteiger partial charge in [0.1, 0.15) is 12.4 Å². The summed E-state index contributed by atoms with van der Waals surface area (Å²) in [6.45, 7) is 3.75. The van der Waals surface area contributed by atoms with E-state index in [2.05, 4.69) is 9.88 Å². The van der Waals surface area contributed by atoms with Crippen LogP contribution in [0.5, 0.6) is 0 Å². The van der Waals surface area contributed by atoms with Gasteiger partial charge in [0.25, 0.3) is 0 Å². The molecular weight excluding hydrogens is 435 g/mol. The zero-order valence-electron chi connectivity index (χ0n) is 17.2. The number of hydrogen-bond donors (Lipinski definition) is 0. The van der Waals surface area contributed by atoms with Gasteiger partial charge in [-0.3, -0.25) is 19.2 Å². The Hall–Kier alpha value is -3.08. The number of para-hydroxylation sites is 2. The van der Waals surface area contributed by atoms with Crippen molar-refractivity contribution in [1.29, 1.82) is 0 Å². The lowest BCUT2D eigenvalue weighted by Crippen LogP contribution is -2.44. The number of benzene rings is 2. The molecule has 1 saturated heterocycles. The molecule has 32 heavy (non-hydrogen) atoms. The fraction of sp³-hybridized carbons (Fsp3) is 0.318. The van der Waals surface area contributed by atoms with Gasteiger partial charge in [-0.15, -0.1) is 0 Å². The van der Waals surface area contributed by atoms with Crippen LogP contribution in [0.15, 0.2) is 51.7 Å². The maximum absolute atomic E-state index is 13.7. The zero-order valence-corrected chi connectivity index (χ0v) is 18.0. The predicted octanol–water partition coefficient (Wildman–Crippen LogP) is 2.71. The van der Waals surface area contributed by atoms with Crippen molar-refractivity contribution >= 4 is 43.7 Å². The molecule has 1 aliphatic heterocycles. The predicted molar refractivity (Wildman–Crippen MR) is 120 cm³/mol. The second kappa shape index (κ2) is 8.81. The van der Waals surface area contributed by atoms with Crippen molar-refractivity contribution in [2.24, 2.45) is 0 Å². The molecule has 4 aromatic rings. The molecule has 0 bridgehead atoms. The third kappa shape index (κ3) is 4.16. The van der Waals surface area contributed by atoms with Crippen LogP contribution in [-0.4, -0.2) is 59.8 Å². The molecule has 10 heteroatoms. The van der Waals surface area contributed by atoms with Gasteiger partial charge < -0.3 is 9.15 Å². The molecule has 0 atom stereocenters. The lowest BCUT2D eigenvalue weighted by molar-refractivity contribution is -0.119. The summed E-state index contributed by atoms with van der Waals surface area (Å²) in [4.78, 5) is 34.1. The number of amides is 1. The van der Waals surface area contributed by atoms with Crippen LogP contribution in [-0.2, 0) is 16.1 Å². The number of oxazole rings is 1. The molecule has 2 aromatic carbocycles. The Kier molecular flexibility index (Phi) is 5.73. The summed E-state index contributed by atoms with van der Waals surface area (Å²) < 4.78 is 26.3. The number of carbonyl (C=O) groups excluding carboxylic acids is 1. The standard InChI is InChI=1S/C22H21FN4O4S/c23-15-5-6-16-19(13-15)32-21(24-16)26(8-7-25-9-11-30-12-10-25)20(28)14-27-17-3-1-2-4-18(17)31-22(27)29/h1-6,13H,7-12,14H2. The minimum absolute atomic E-state index is 0.177. The molecule has 0 N–H and O–H groups in total. The molecule has 2 aromatic heterocycles. The first-order chi connectivity index (χ1) is 15.6. The Morgan fingerprint density at radius 2 is 2.00 bits per heavy atom. The molecule has 0 aliphatic carbocycles. The first-order valence-corrected chi connectivity index (χ1v) is 11.1. The van der Waals surface area contributed by atoms with Crippen molar-refractivity contribution in [1.82, 2.24) is 14.5 Å². The lowest BCUT2D eigenvalue weighted by atomic mass is 10.3. The molecule has 8 nitrogen and oxygen atoms in total. The van der Waals surface area contributed by atoms with Gasteiger partial charge in [-0.1, -0.05) is 23.5 Å². The summed E-state index contributed by atoms with van der Waals surface area (Å²) in [5.74, 6) is -1.22. The summed E-state index contributed by atoms with van der Waals surface area (Å²) in [5.41, 5.74) is 1.62.